The topological polar surface area (TPSA) is 70.6 Å². The lowest BCUT2D eigenvalue weighted by atomic mass is 10.2. The van der Waals surface area contributed by atoms with E-state index in [2.05, 4.69) is 20.9 Å². The van der Waals surface area contributed by atoms with Crippen LogP contribution < -0.4 is 0 Å². The van der Waals surface area contributed by atoms with Crippen LogP contribution in [-0.4, -0.2) is 54.7 Å². The molecule has 0 spiro atoms. The Balaban J connectivity index is 1.71. The molecule has 1 aromatic carbocycles. The lowest BCUT2D eigenvalue weighted by Gasteiger charge is -2.34. The molecule has 1 amide bonds. The highest BCUT2D eigenvalue weighted by Gasteiger charge is 2.31. The lowest BCUT2D eigenvalue weighted by Crippen LogP contribution is -2.50. The number of aryl methyl sites for hydroxylation is 2. The SMILES string of the molecule is Cc1ccc(S(=O)(=O)N2CCN(C(=O)c3ccc(C)nc3)CC2)c(Br)c1. The van der Waals surface area contributed by atoms with Crippen LogP contribution in [0.25, 0.3) is 0 Å². The van der Waals surface area contributed by atoms with Crippen molar-refractivity contribution < 1.29 is 13.2 Å². The van der Waals surface area contributed by atoms with Crippen molar-refractivity contribution in [3.05, 3.63) is 57.8 Å². The van der Waals surface area contributed by atoms with Crippen molar-refractivity contribution in [2.75, 3.05) is 26.2 Å². The highest BCUT2D eigenvalue weighted by Crippen LogP contribution is 2.27. The van der Waals surface area contributed by atoms with E-state index in [9.17, 15) is 13.2 Å². The van der Waals surface area contributed by atoms with E-state index in [1.165, 1.54) is 4.31 Å². The molecule has 6 nitrogen and oxygen atoms in total. The summed E-state index contributed by atoms with van der Waals surface area (Å²) in [4.78, 5) is 18.6. The third kappa shape index (κ3) is 3.82. The minimum atomic E-state index is -3.59. The Hall–Kier alpha value is -1.77. The summed E-state index contributed by atoms with van der Waals surface area (Å²) in [5, 5.41) is 0. The highest BCUT2D eigenvalue weighted by molar-refractivity contribution is 9.10. The van der Waals surface area contributed by atoms with E-state index in [1.54, 1.807) is 41.4 Å². The Kier molecular flexibility index (Phi) is 5.45. The Bertz CT molecular complexity index is 921. The van der Waals surface area contributed by atoms with Gasteiger partial charge in [-0.05, 0) is 59.6 Å². The summed E-state index contributed by atoms with van der Waals surface area (Å²) in [5.74, 6) is -0.119. The second-order valence-electron chi connectivity index (χ2n) is 6.32. The van der Waals surface area contributed by atoms with E-state index in [0.717, 1.165) is 11.3 Å². The molecule has 1 aliphatic heterocycles. The van der Waals surface area contributed by atoms with Gasteiger partial charge in [-0.1, -0.05) is 6.07 Å². The molecule has 0 N–H and O–H groups in total. The smallest absolute Gasteiger partial charge is 0.255 e. The third-order valence-electron chi connectivity index (χ3n) is 4.39. The zero-order valence-electron chi connectivity index (χ0n) is 14.6. The first-order valence-electron chi connectivity index (χ1n) is 8.27. The molecule has 0 radical (unpaired) electrons. The van der Waals surface area contributed by atoms with Crippen LogP contribution in [0.1, 0.15) is 21.6 Å². The van der Waals surface area contributed by atoms with Crippen molar-refractivity contribution in [2.45, 2.75) is 18.7 Å². The number of piperazine rings is 1. The number of benzene rings is 1. The van der Waals surface area contributed by atoms with Crippen molar-refractivity contribution in [1.29, 1.82) is 0 Å². The fourth-order valence-corrected chi connectivity index (χ4v) is 5.44. The number of hydrogen-bond acceptors (Lipinski definition) is 4. The minimum Gasteiger partial charge on any atom is -0.336 e. The van der Waals surface area contributed by atoms with Gasteiger partial charge in [0.05, 0.1) is 10.5 Å². The first-order chi connectivity index (χ1) is 12.3. The van der Waals surface area contributed by atoms with E-state index in [1.807, 2.05) is 13.8 Å². The first kappa shape index (κ1) is 19.0. The Labute approximate surface area is 162 Å². The number of pyridine rings is 1. The highest BCUT2D eigenvalue weighted by atomic mass is 79.9. The van der Waals surface area contributed by atoms with Gasteiger partial charge in [0.2, 0.25) is 10.0 Å². The van der Waals surface area contributed by atoms with Crippen molar-refractivity contribution in [2.24, 2.45) is 0 Å². The molecule has 0 saturated carbocycles. The minimum absolute atomic E-state index is 0.119. The summed E-state index contributed by atoms with van der Waals surface area (Å²) in [6.45, 7) is 5.03. The summed E-state index contributed by atoms with van der Waals surface area (Å²) in [6.07, 6.45) is 1.56. The van der Waals surface area contributed by atoms with Gasteiger partial charge in [0.25, 0.3) is 5.91 Å². The van der Waals surface area contributed by atoms with Gasteiger partial charge in [-0.15, -0.1) is 0 Å². The molecule has 0 atom stereocenters. The van der Waals surface area contributed by atoms with Crippen LogP contribution in [0.15, 0.2) is 45.9 Å². The Morgan fingerprint density at radius 2 is 1.77 bits per heavy atom. The van der Waals surface area contributed by atoms with E-state index in [0.29, 0.717) is 23.1 Å². The zero-order chi connectivity index (χ0) is 18.9. The summed E-state index contributed by atoms with van der Waals surface area (Å²) in [7, 11) is -3.59. The molecule has 2 aromatic rings. The van der Waals surface area contributed by atoms with E-state index in [4.69, 9.17) is 0 Å². The third-order valence-corrected chi connectivity index (χ3v) is 7.26. The fraction of sp³-hybridized carbons (Fsp3) is 0.333. The molecule has 1 saturated heterocycles. The first-order valence-corrected chi connectivity index (χ1v) is 10.5. The summed E-state index contributed by atoms with van der Waals surface area (Å²) in [5.41, 5.74) is 2.35. The zero-order valence-corrected chi connectivity index (χ0v) is 17.0. The second-order valence-corrected chi connectivity index (χ2v) is 9.08. The summed E-state index contributed by atoms with van der Waals surface area (Å²) in [6, 6.07) is 8.73. The van der Waals surface area contributed by atoms with Crippen molar-refractivity contribution in [1.82, 2.24) is 14.2 Å². The molecule has 1 aliphatic rings. The van der Waals surface area contributed by atoms with Gasteiger partial charge in [0.1, 0.15) is 0 Å². The van der Waals surface area contributed by atoms with Gasteiger partial charge >= 0.3 is 0 Å². The quantitative estimate of drug-likeness (QED) is 0.739. The molecule has 26 heavy (non-hydrogen) atoms. The molecule has 0 aliphatic carbocycles. The van der Waals surface area contributed by atoms with Gasteiger partial charge < -0.3 is 4.90 Å². The molecule has 3 rings (SSSR count). The maximum atomic E-state index is 12.9. The maximum Gasteiger partial charge on any atom is 0.255 e. The maximum absolute atomic E-state index is 12.9. The molecule has 8 heteroatoms. The monoisotopic (exact) mass is 437 g/mol. The summed E-state index contributed by atoms with van der Waals surface area (Å²) < 4.78 is 27.8. The second kappa shape index (κ2) is 7.46. The Morgan fingerprint density at radius 1 is 1.08 bits per heavy atom. The summed E-state index contributed by atoms with van der Waals surface area (Å²) >= 11 is 3.34. The van der Waals surface area contributed by atoms with E-state index >= 15 is 0 Å². The number of aromatic nitrogens is 1. The molecular weight excluding hydrogens is 418 g/mol. The van der Waals surface area contributed by atoms with E-state index < -0.39 is 10.0 Å². The van der Waals surface area contributed by atoms with Gasteiger partial charge in [-0.25, -0.2) is 8.42 Å². The van der Waals surface area contributed by atoms with Crippen LogP contribution in [0.5, 0.6) is 0 Å². The van der Waals surface area contributed by atoms with Gasteiger partial charge in [0.15, 0.2) is 0 Å². The molecule has 1 fully saturated rings. The number of nitrogens with zero attached hydrogens (tertiary/aromatic N) is 3. The molecule has 0 unspecified atom stereocenters. The Morgan fingerprint density at radius 3 is 2.35 bits per heavy atom. The van der Waals surface area contributed by atoms with Crippen LogP contribution in [0.2, 0.25) is 0 Å². The molecule has 0 bridgehead atoms. The van der Waals surface area contributed by atoms with Crippen molar-refractivity contribution in [3.63, 3.8) is 0 Å². The number of amides is 1. The average Bonchev–Trinajstić information content (AvgIpc) is 2.61. The largest absolute Gasteiger partial charge is 0.336 e. The average molecular weight is 438 g/mol. The standard InChI is InChI=1S/C18H20BrN3O3S/c1-13-3-6-17(16(19)11-13)26(24,25)22-9-7-21(8-10-22)18(23)15-5-4-14(2)20-12-15/h3-6,11-12H,7-10H2,1-2H3. The molecular formula is C18H20BrN3O3S. The molecule has 1 aromatic heterocycles. The number of carbonyl (C=O) groups is 1. The number of carbonyl (C=O) groups excluding carboxylic acids is 1. The lowest BCUT2D eigenvalue weighted by molar-refractivity contribution is 0.0697. The predicted molar refractivity (Wildman–Crippen MR) is 103 cm³/mol. The van der Waals surface area contributed by atoms with Crippen LogP contribution in [0.4, 0.5) is 0 Å². The number of rotatable bonds is 3. The van der Waals surface area contributed by atoms with E-state index in [-0.39, 0.29) is 23.9 Å². The van der Waals surface area contributed by atoms with Gasteiger partial charge in [-0.3, -0.25) is 9.78 Å². The molecule has 2 heterocycles. The normalized spacial score (nSPS) is 15.9. The number of sulfonamides is 1. The van der Waals surface area contributed by atoms with Gasteiger partial charge in [0, 0.05) is 42.5 Å². The van der Waals surface area contributed by atoms with Crippen LogP contribution in [0, 0.1) is 13.8 Å². The van der Waals surface area contributed by atoms with Crippen LogP contribution >= 0.6 is 15.9 Å². The van der Waals surface area contributed by atoms with Crippen molar-refractivity contribution >= 4 is 31.9 Å². The predicted octanol–water partition coefficient (Wildman–Crippen LogP) is 2.61. The van der Waals surface area contributed by atoms with Crippen LogP contribution in [-0.2, 0) is 10.0 Å². The fourth-order valence-electron chi connectivity index (χ4n) is 2.86. The van der Waals surface area contributed by atoms with Crippen molar-refractivity contribution in [3.8, 4) is 0 Å². The number of hydrogen-bond donors (Lipinski definition) is 0. The molecule has 138 valence electrons. The van der Waals surface area contributed by atoms with Crippen LogP contribution in [0.3, 0.4) is 0 Å². The number of halogens is 1. The van der Waals surface area contributed by atoms with Gasteiger partial charge in [-0.2, -0.15) is 4.31 Å².